The summed E-state index contributed by atoms with van der Waals surface area (Å²) >= 11 is 1.34. The number of carbonyl (C=O) groups is 1. The summed E-state index contributed by atoms with van der Waals surface area (Å²) < 4.78 is 43.1. The van der Waals surface area contributed by atoms with Gasteiger partial charge < -0.3 is 10.1 Å². The van der Waals surface area contributed by atoms with Crippen LogP contribution < -0.4 is 10.1 Å². The van der Waals surface area contributed by atoms with Crippen LogP contribution in [0, 0.1) is 5.82 Å². The number of amides is 1. The first kappa shape index (κ1) is 19.5. The van der Waals surface area contributed by atoms with Gasteiger partial charge >= 0.3 is 0 Å². The van der Waals surface area contributed by atoms with Crippen molar-refractivity contribution in [2.45, 2.75) is 24.3 Å². The second-order valence-electron chi connectivity index (χ2n) is 6.50. The van der Waals surface area contributed by atoms with Crippen LogP contribution in [0.15, 0.2) is 53.4 Å². The van der Waals surface area contributed by atoms with Crippen LogP contribution in [0.2, 0.25) is 0 Å². The topological polar surface area (TPSA) is 85.4 Å². The molecule has 6 nitrogen and oxygen atoms in total. The van der Waals surface area contributed by atoms with Gasteiger partial charge in [0.15, 0.2) is 15.0 Å². The normalized spacial score (nSPS) is 12.6. The number of rotatable bonds is 6. The van der Waals surface area contributed by atoms with Gasteiger partial charge in [-0.3, -0.25) is 4.79 Å². The first-order chi connectivity index (χ1) is 13.9. The number of anilines is 1. The lowest BCUT2D eigenvalue weighted by Crippen LogP contribution is -2.14. The van der Waals surface area contributed by atoms with Crippen LogP contribution in [0.25, 0.3) is 11.3 Å². The molecule has 0 saturated heterocycles. The predicted molar refractivity (Wildman–Crippen MR) is 108 cm³/mol. The molecule has 1 aliphatic heterocycles. The summed E-state index contributed by atoms with van der Waals surface area (Å²) in [5, 5.41) is 3.19. The zero-order chi connectivity index (χ0) is 20.4. The van der Waals surface area contributed by atoms with Crippen molar-refractivity contribution in [2.75, 3.05) is 11.1 Å². The van der Waals surface area contributed by atoms with Gasteiger partial charge in [0.05, 0.1) is 21.2 Å². The highest BCUT2D eigenvalue weighted by Gasteiger charge is 2.22. The number of ether oxygens (including phenoxy) is 1. The summed E-state index contributed by atoms with van der Waals surface area (Å²) in [6.07, 6.45) is 0.195. The van der Waals surface area contributed by atoms with Gasteiger partial charge in [0.25, 0.3) is 0 Å². The van der Waals surface area contributed by atoms with E-state index in [0.717, 1.165) is 34.0 Å². The van der Waals surface area contributed by atoms with Crippen molar-refractivity contribution in [1.82, 2.24) is 4.98 Å². The average Bonchev–Trinajstić information content (AvgIpc) is 3.11. The Kier molecular flexibility index (Phi) is 5.33. The maximum Gasteiger partial charge on any atom is 0.226 e. The number of sulfone groups is 1. The molecule has 29 heavy (non-hydrogen) atoms. The molecular formula is C20H17FN2O4S2. The monoisotopic (exact) mass is 432 g/mol. The molecule has 2 heterocycles. The van der Waals surface area contributed by atoms with E-state index in [1.165, 1.54) is 23.5 Å². The molecule has 0 atom stereocenters. The van der Waals surface area contributed by atoms with Crippen LogP contribution in [0.1, 0.15) is 17.7 Å². The largest absolute Gasteiger partial charge is 0.487 e. The van der Waals surface area contributed by atoms with E-state index < -0.39 is 15.7 Å². The van der Waals surface area contributed by atoms with E-state index in [9.17, 15) is 17.6 Å². The van der Waals surface area contributed by atoms with Crippen molar-refractivity contribution in [3.05, 3.63) is 59.2 Å². The number of nitrogens with zero attached hydrogens (tertiary/aromatic N) is 1. The molecule has 0 aliphatic carbocycles. The summed E-state index contributed by atoms with van der Waals surface area (Å²) in [6, 6.07) is 12.2. The molecule has 150 valence electrons. The number of fused-ring (bicyclic) bond motifs is 3. The van der Waals surface area contributed by atoms with E-state index in [0.29, 0.717) is 11.7 Å². The minimum atomic E-state index is -3.56. The van der Waals surface area contributed by atoms with Gasteiger partial charge in [-0.25, -0.2) is 17.8 Å². The SMILES string of the molecule is O=C(CCCS(=O)(=O)c1ccc(F)cc1)Nc1nc2c(s1)COc1ccccc1-2. The van der Waals surface area contributed by atoms with E-state index >= 15 is 0 Å². The quantitative estimate of drug-likeness (QED) is 0.595. The summed E-state index contributed by atoms with van der Waals surface area (Å²) in [7, 11) is -3.56. The Balaban J connectivity index is 1.35. The Morgan fingerprint density at radius 3 is 2.72 bits per heavy atom. The molecule has 2 aromatic carbocycles. The number of hydrogen-bond donors (Lipinski definition) is 1. The standard InChI is InChI=1S/C20H17FN2O4S2/c21-13-7-9-14(10-8-13)29(25,26)11-3-6-18(24)22-20-23-19-15-4-1-2-5-16(15)27-12-17(19)28-20/h1-2,4-5,7-10H,3,6,11-12H2,(H,22,23,24). The van der Waals surface area contributed by atoms with E-state index in [-0.39, 0.29) is 29.4 Å². The molecule has 1 aliphatic rings. The lowest BCUT2D eigenvalue weighted by atomic mass is 10.1. The Hall–Kier alpha value is -2.78. The first-order valence-corrected chi connectivity index (χ1v) is 11.4. The van der Waals surface area contributed by atoms with Gasteiger partial charge in [-0.1, -0.05) is 23.5 Å². The molecule has 1 N–H and O–H groups in total. The Bertz CT molecular complexity index is 1160. The van der Waals surface area contributed by atoms with Crippen LogP contribution >= 0.6 is 11.3 Å². The number of benzene rings is 2. The van der Waals surface area contributed by atoms with E-state index in [1.54, 1.807) is 0 Å². The minimum Gasteiger partial charge on any atom is -0.487 e. The molecule has 1 amide bonds. The minimum absolute atomic E-state index is 0.0394. The maximum absolute atomic E-state index is 12.9. The van der Waals surface area contributed by atoms with Crippen molar-refractivity contribution in [1.29, 1.82) is 0 Å². The number of halogens is 1. The molecule has 4 rings (SSSR count). The Morgan fingerprint density at radius 1 is 1.17 bits per heavy atom. The van der Waals surface area contributed by atoms with Gasteiger partial charge in [0.2, 0.25) is 5.91 Å². The van der Waals surface area contributed by atoms with Crippen LogP contribution in [0.3, 0.4) is 0 Å². The zero-order valence-corrected chi connectivity index (χ0v) is 16.9. The predicted octanol–water partition coefficient (Wildman–Crippen LogP) is 4.03. The average molecular weight is 432 g/mol. The fourth-order valence-electron chi connectivity index (χ4n) is 3.01. The van der Waals surface area contributed by atoms with Gasteiger partial charge in [0, 0.05) is 12.0 Å². The summed E-state index contributed by atoms with van der Waals surface area (Å²) in [5.41, 5.74) is 1.68. The fourth-order valence-corrected chi connectivity index (χ4v) is 5.23. The molecule has 0 spiro atoms. The highest BCUT2D eigenvalue weighted by atomic mass is 32.2. The number of aromatic nitrogens is 1. The van der Waals surface area contributed by atoms with Gasteiger partial charge in [-0.05, 0) is 42.8 Å². The van der Waals surface area contributed by atoms with Crippen LogP contribution in [0.4, 0.5) is 9.52 Å². The molecular weight excluding hydrogens is 415 g/mol. The molecule has 9 heteroatoms. The van der Waals surface area contributed by atoms with E-state index in [1.807, 2.05) is 24.3 Å². The number of carbonyl (C=O) groups excluding carboxylic acids is 1. The second-order valence-corrected chi connectivity index (χ2v) is 9.69. The van der Waals surface area contributed by atoms with Gasteiger partial charge in [-0.15, -0.1) is 0 Å². The van der Waals surface area contributed by atoms with Crippen molar-refractivity contribution in [2.24, 2.45) is 0 Å². The van der Waals surface area contributed by atoms with Crippen LogP contribution in [0.5, 0.6) is 5.75 Å². The third kappa shape index (κ3) is 4.30. The Morgan fingerprint density at radius 2 is 1.93 bits per heavy atom. The van der Waals surface area contributed by atoms with Crippen LogP contribution in [-0.4, -0.2) is 25.1 Å². The molecule has 1 aromatic heterocycles. The smallest absolute Gasteiger partial charge is 0.226 e. The van der Waals surface area contributed by atoms with Crippen molar-refractivity contribution >= 4 is 32.2 Å². The van der Waals surface area contributed by atoms with Crippen LogP contribution in [-0.2, 0) is 21.2 Å². The third-order valence-electron chi connectivity index (χ3n) is 4.43. The number of nitrogens with one attached hydrogen (secondary N) is 1. The fraction of sp³-hybridized carbons (Fsp3) is 0.200. The lowest BCUT2D eigenvalue weighted by Gasteiger charge is -2.15. The molecule has 0 saturated carbocycles. The summed E-state index contributed by atoms with van der Waals surface area (Å²) in [4.78, 5) is 17.7. The summed E-state index contributed by atoms with van der Waals surface area (Å²) in [5.74, 6) is -0.238. The number of hydrogen-bond acceptors (Lipinski definition) is 6. The molecule has 0 bridgehead atoms. The molecule has 3 aromatic rings. The zero-order valence-electron chi connectivity index (χ0n) is 15.2. The second kappa shape index (κ2) is 7.92. The molecule has 0 radical (unpaired) electrons. The highest BCUT2D eigenvalue weighted by molar-refractivity contribution is 7.91. The highest BCUT2D eigenvalue weighted by Crippen LogP contribution is 2.40. The lowest BCUT2D eigenvalue weighted by molar-refractivity contribution is -0.116. The van der Waals surface area contributed by atoms with Gasteiger partial charge in [0.1, 0.15) is 18.2 Å². The Labute approximate surface area is 171 Å². The van der Waals surface area contributed by atoms with Crippen molar-refractivity contribution in [3.63, 3.8) is 0 Å². The van der Waals surface area contributed by atoms with E-state index in [4.69, 9.17) is 4.74 Å². The van der Waals surface area contributed by atoms with Gasteiger partial charge in [-0.2, -0.15) is 0 Å². The summed E-state index contributed by atoms with van der Waals surface area (Å²) in [6.45, 7) is 0.399. The maximum atomic E-state index is 12.9. The number of para-hydroxylation sites is 1. The number of thiazole rings is 1. The molecule has 0 fully saturated rings. The first-order valence-electron chi connectivity index (χ1n) is 8.92. The van der Waals surface area contributed by atoms with E-state index in [2.05, 4.69) is 10.3 Å². The third-order valence-corrected chi connectivity index (χ3v) is 7.20. The van der Waals surface area contributed by atoms with Crippen molar-refractivity contribution < 1.29 is 22.3 Å². The van der Waals surface area contributed by atoms with Crippen molar-refractivity contribution in [3.8, 4) is 17.0 Å². The molecule has 0 unspecified atom stereocenters.